The molecular formula is C34H28N6. The van der Waals surface area contributed by atoms with E-state index in [4.69, 9.17) is 29.9 Å². The SMILES string of the molecule is c1ccc(-c2nc(CCCCc3nc(-c4ccccc4)nc(-c4ccccc4)n3)nc(-c3ccccc3)n2)cc1. The summed E-state index contributed by atoms with van der Waals surface area (Å²) in [5, 5.41) is 0. The summed E-state index contributed by atoms with van der Waals surface area (Å²) in [6.45, 7) is 0. The summed E-state index contributed by atoms with van der Waals surface area (Å²) >= 11 is 0. The smallest absolute Gasteiger partial charge is 0.163 e. The van der Waals surface area contributed by atoms with Gasteiger partial charge in [0.15, 0.2) is 23.3 Å². The summed E-state index contributed by atoms with van der Waals surface area (Å²) in [4.78, 5) is 28.8. The molecule has 0 amide bonds. The van der Waals surface area contributed by atoms with Gasteiger partial charge in [-0.15, -0.1) is 0 Å². The first kappa shape index (κ1) is 25.2. The quantitative estimate of drug-likeness (QED) is 0.186. The molecule has 0 atom stereocenters. The van der Waals surface area contributed by atoms with E-state index >= 15 is 0 Å². The minimum atomic E-state index is 0.696. The number of nitrogens with zero attached hydrogens (tertiary/aromatic N) is 6. The first-order chi connectivity index (χ1) is 19.8. The maximum absolute atomic E-state index is 4.82. The van der Waals surface area contributed by atoms with Crippen molar-refractivity contribution in [2.45, 2.75) is 25.7 Å². The molecular weight excluding hydrogens is 492 g/mol. The number of rotatable bonds is 9. The van der Waals surface area contributed by atoms with Crippen LogP contribution in [0.25, 0.3) is 45.6 Å². The zero-order valence-corrected chi connectivity index (χ0v) is 22.1. The van der Waals surface area contributed by atoms with E-state index in [1.165, 1.54) is 0 Å². The molecule has 0 saturated carbocycles. The van der Waals surface area contributed by atoms with Gasteiger partial charge in [-0.1, -0.05) is 121 Å². The molecule has 0 aliphatic heterocycles. The highest BCUT2D eigenvalue weighted by atomic mass is 15.0. The molecule has 0 fully saturated rings. The molecule has 0 aliphatic carbocycles. The Kier molecular flexibility index (Phi) is 7.67. The fourth-order valence-electron chi connectivity index (χ4n) is 4.49. The standard InChI is InChI=1S/C34H28N6/c1-5-15-25(16-6-1)31-35-29(36-32(39-31)26-17-7-2-8-18-26)23-13-14-24-30-37-33(27-19-9-3-10-20-27)40-34(38-30)28-21-11-4-12-22-28/h1-12,15-22H,13-14,23-24H2. The van der Waals surface area contributed by atoms with Crippen molar-refractivity contribution in [3.05, 3.63) is 133 Å². The van der Waals surface area contributed by atoms with Crippen LogP contribution in [0, 0.1) is 0 Å². The van der Waals surface area contributed by atoms with Gasteiger partial charge in [-0.2, -0.15) is 0 Å². The van der Waals surface area contributed by atoms with Gasteiger partial charge in [-0.3, -0.25) is 0 Å². The number of aryl methyl sites for hydroxylation is 2. The molecule has 40 heavy (non-hydrogen) atoms. The van der Waals surface area contributed by atoms with E-state index in [1.807, 2.05) is 121 Å². The lowest BCUT2D eigenvalue weighted by atomic mass is 10.1. The molecule has 6 nitrogen and oxygen atoms in total. The lowest BCUT2D eigenvalue weighted by Gasteiger charge is -2.09. The third kappa shape index (κ3) is 6.13. The molecule has 0 saturated heterocycles. The molecule has 0 spiro atoms. The van der Waals surface area contributed by atoms with Crippen molar-refractivity contribution in [3.8, 4) is 45.6 Å². The number of benzene rings is 4. The van der Waals surface area contributed by atoms with E-state index in [1.54, 1.807) is 0 Å². The first-order valence-electron chi connectivity index (χ1n) is 13.5. The van der Waals surface area contributed by atoms with Gasteiger partial charge in [0.2, 0.25) is 0 Å². The highest BCUT2D eigenvalue weighted by Crippen LogP contribution is 2.22. The Morgan fingerprint density at radius 2 is 0.550 bits per heavy atom. The van der Waals surface area contributed by atoms with Crippen molar-refractivity contribution in [1.82, 2.24) is 29.9 Å². The Hall–Kier alpha value is -5.10. The van der Waals surface area contributed by atoms with E-state index < -0.39 is 0 Å². The fourth-order valence-corrected chi connectivity index (χ4v) is 4.49. The molecule has 6 aromatic rings. The molecule has 0 unspecified atom stereocenters. The van der Waals surface area contributed by atoms with Crippen molar-refractivity contribution in [1.29, 1.82) is 0 Å². The third-order valence-electron chi connectivity index (χ3n) is 6.54. The van der Waals surface area contributed by atoms with Crippen LogP contribution in [-0.4, -0.2) is 29.9 Å². The van der Waals surface area contributed by atoms with E-state index in [0.717, 1.165) is 59.6 Å². The van der Waals surface area contributed by atoms with E-state index in [-0.39, 0.29) is 0 Å². The summed E-state index contributed by atoms with van der Waals surface area (Å²) in [5.41, 5.74) is 3.93. The maximum atomic E-state index is 4.82. The molecule has 194 valence electrons. The Morgan fingerprint density at radius 3 is 0.800 bits per heavy atom. The highest BCUT2D eigenvalue weighted by molar-refractivity contribution is 5.62. The highest BCUT2D eigenvalue weighted by Gasteiger charge is 2.12. The van der Waals surface area contributed by atoms with Gasteiger partial charge in [0, 0.05) is 35.1 Å². The molecule has 0 radical (unpaired) electrons. The van der Waals surface area contributed by atoms with Gasteiger partial charge >= 0.3 is 0 Å². The summed E-state index contributed by atoms with van der Waals surface area (Å²) in [5.74, 6) is 4.37. The summed E-state index contributed by atoms with van der Waals surface area (Å²) in [6, 6.07) is 40.3. The van der Waals surface area contributed by atoms with Crippen LogP contribution >= 0.6 is 0 Å². The van der Waals surface area contributed by atoms with Gasteiger partial charge < -0.3 is 0 Å². The molecule has 4 aromatic carbocycles. The van der Waals surface area contributed by atoms with Crippen molar-refractivity contribution >= 4 is 0 Å². The van der Waals surface area contributed by atoms with Crippen molar-refractivity contribution < 1.29 is 0 Å². The predicted molar refractivity (Wildman–Crippen MR) is 158 cm³/mol. The summed E-state index contributed by atoms with van der Waals surface area (Å²) in [6.07, 6.45) is 3.29. The van der Waals surface area contributed by atoms with Crippen LogP contribution in [0.5, 0.6) is 0 Å². The molecule has 6 rings (SSSR count). The summed E-state index contributed by atoms with van der Waals surface area (Å²) < 4.78 is 0. The van der Waals surface area contributed by atoms with Crippen LogP contribution < -0.4 is 0 Å². The maximum Gasteiger partial charge on any atom is 0.163 e. The molecule has 0 bridgehead atoms. The van der Waals surface area contributed by atoms with Gasteiger partial charge in [-0.25, -0.2) is 29.9 Å². The fraction of sp³-hybridized carbons (Fsp3) is 0.118. The molecule has 6 heteroatoms. The zero-order valence-electron chi connectivity index (χ0n) is 22.1. The summed E-state index contributed by atoms with van der Waals surface area (Å²) in [7, 11) is 0. The van der Waals surface area contributed by atoms with Crippen LogP contribution in [0.3, 0.4) is 0 Å². The minimum Gasteiger partial charge on any atom is -0.213 e. The lowest BCUT2D eigenvalue weighted by Crippen LogP contribution is -2.05. The second-order valence-electron chi connectivity index (χ2n) is 9.47. The largest absolute Gasteiger partial charge is 0.213 e. The van der Waals surface area contributed by atoms with Gasteiger partial charge in [0.1, 0.15) is 11.6 Å². The normalized spacial score (nSPS) is 10.9. The van der Waals surface area contributed by atoms with E-state index in [0.29, 0.717) is 23.3 Å². The Labute approximate surface area is 233 Å². The van der Waals surface area contributed by atoms with E-state index in [2.05, 4.69) is 0 Å². The van der Waals surface area contributed by atoms with Gasteiger partial charge in [0.25, 0.3) is 0 Å². The van der Waals surface area contributed by atoms with Crippen LogP contribution in [-0.2, 0) is 12.8 Å². The van der Waals surface area contributed by atoms with Gasteiger partial charge in [0.05, 0.1) is 0 Å². The van der Waals surface area contributed by atoms with Crippen molar-refractivity contribution in [3.63, 3.8) is 0 Å². The molecule has 2 aromatic heterocycles. The van der Waals surface area contributed by atoms with Crippen molar-refractivity contribution in [2.24, 2.45) is 0 Å². The molecule has 0 N–H and O–H groups in total. The zero-order chi connectivity index (χ0) is 27.0. The van der Waals surface area contributed by atoms with Gasteiger partial charge in [-0.05, 0) is 12.8 Å². The van der Waals surface area contributed by atoms with Crippen LogP contribution in [0.4, 0.5) is 0 Å². The average Bonchev–Trinajstić information content (AvgIpc) is 3.04. The first-order valence-corrected chi connectivity index (χ1v) is 13.5. The Balaban J connectivity index is 1.22. The molecule has 2 heterocycles. The number of unbranched alkanes of at least 4 members (excludes halogenated alkanes) is 1. The van der Waals surface area contributed by atoms with E-state index in [9.17, 15) is 0 Å². The third-order valence-corrected chi connectivity index (χ3v) is 6.54. The minimum absolute atomic E-state index is 0.696. The Bertz CT molecular complexity index is 1430. The van der Waals surface area contributed by atoms with Crippen LogP contribution in [0.2, 0.25) is 0 Å². The lowest BCUT2D eigenvalue weighted by molar-refractivity contribution is 0.683. The Morgan fingerprint density at radius 1 is 0.300 bits per heavy atom. The van der Waals surface area contributed by atoms with Crippen LogP contribution in [0.15, 0.2) is 121 Å². The second kappa shape index (κ2) is 12.2. The monoisotopic (exact) mass is 520 g/mol. The predicted octanol–water partition coefficient (Wildman–Crippen LogP) is 7.29. The topological polar surface area (TPSA) is 77.3 Å². The number of hydrogen-bond acceptors (Lipinski definition) is 6. The van der Waals surface area contributed by atoms with Crippen LogP contribution in [0.1, 0.15) is 24.5 Å². The number of aromatic nitrogens is 6. The average molecular weight is 521 g/mol. The second-order valence-corrected chi connectivity index (χ2v) is 9.47. The van der Waals surface area contributed by atoms with Crippen molar-refractivity contribution in [2.75, 3.05) is 0 Å². The molecule has 0 aliphatic rings. The number of hydrogen-bond donors (Lipinski definition) is 0.